The van der Waals surface area contributed by atoms with Crippen LogP contribution in [0.3, 0.4) is 0 Å². The number of benzene rings is 2. The molecule has 172 valence electrons. The number of carbonyl (C=O) groups excluding carboxylic acids is 1. The highest BCUT2D eigenvalue weighted by atomic mass is 32.2. The third-order valence-corrected chi connectivity index (χ3v) is 6.65. The Morgan fingerprint density at radius 3 is 2.35 bits per heavy atom. The molecule has 0 atom stereocenters. The number of para-hydroxylation sites is 1. The molecule has 0 saturated carbocycles. The fourth-order valence-corrected chi connectivity index (χ4v) is 4.81. The number of aromatic hydroxyl groups is 1. The van der Waals surface area contributed by atoms with Gasteiger partial charge in [0, 0.05) is 55.5 Å². The molecular weight excluding hydrogens is 448 g/mol. The minimum absolute atomic E-state index is 0.0842. The van der Waals surface area contributed by atoms with Crippen LogP contribution in [-0.2, 0) is 4.79 Å². The zero-order valence-corrected chi connectivity index (χ0v) is 19.3. The molecule has 1 aliphatic rings. The Labute approximate surface area is 201 Å². The average molecular weight is 473 g/mol. The first-order chi connectivity index (χ1) is 16.7. The van der Waals surface area contributed by atoms with Gasteiger partial charge in [0.05, 0.1) is 5.75 Å². The van der Waals surface area contributed by atoms with E-state index < -0.39 is 0 Å². The van der Waals surface area contributed by atoms with Crippen LogP contribution < -0.4 is 4.90 Å². The number of amides is 1. The highest BCUT2D eigenvalue weighted by molar-refractivity contribution is 7.99. The Morgan fingerprint density at radius 2 is 1.65 bits per heavy atom. The first-order valence-corrected chi connectivity index (χ1v) is 12.0. The van der Waals surface area contributed by atoms with Gasteiger partial charge < -0.3 is 14.9 Å². The fraction of sp³-hybridized carbons (Fsp3) is 0.200. The van der Waals surface area contributed by atoms with Gasteiger partial charge >= 0.3 is 0 Å². The maximum absolute atomic E-state index is 13.0. The predicted octanol–water partition coefficient (Wildman–Crippen LogP) is 3.48. The molecule has 9 heteroatoms. The van der Waals surface area contributed by atoms with Crippen LogP contribution in [0.1, 0.15) is 0 Å². The van der Waals surface area contributed by atoms with E-state index in [1.807, 2.05) is 64.1 Å². The lowest BCUT2D eigenvalue weighted by atomic mass is 10.2. The number of pyridine rings is 1. The van der Waals surface area contributed by atoms with Gasteiger partial charge in [0.15, 0.2) is 11.0 Å². The topological polar surface area (TPSA) is 87.4 Å². The number of rotatable bonds is 6. The van der Waals surface area contributed by atoms with Gasteiger partial charge in [-0.1, -0.05) is 30.0 Å². The van der Waals surface area contributed by atoms with Crippen molar-refractivity contribution in [2.45, 2.75) is 5.16 Å². The molecule has 2 aromatic carbocycles. The molecule has 1 fully saturated rings. The van der Waals surface area contributed by atoms with Crippen molar-refractivity contribution in [2.24, 2.45) is 0 Å². The first kappa shape index (κ1) is 22.0. The maximum atomic E-state index is 13.0. The van der Waals surface area contributed by atoms with E-state index in [0.717, 1.165) is 30.0 Å². The second kappa shape index (κ2) is 9.96. The molecule has 8 nitrogen and oxygen atoms in total. The number of anilines is 1. The highest BCUT2D eigenvalue weighted by Crippen LogP contribution is 2.28. The molecule has 0 unspecified atom stereocenters. The summed E-state index contributed by atoms with van der Waals surface area (Å²) in [6.45, 7) is 2.83. The van der Waals surface area contributed by atoms with Gasteiger partial charge in [0.25, 0.3) is 0 Å². The van der Waals surface area contributed by atoms with Crippen LogP contribution in [0.15, 0.2) is 84.3 Å². The Hall–Kier alpha value is -3.85. The maximum Gasteiger partial charge on any atom is 0.233 e. The lowest BCUT2D eigenvalue weighted by molar-refractivity contribution is -0.128. The summed E-state index contributed by atoms with van der Waals surface area (Å²) >= 11 is 1.39. The minimum Gasteiger partial charge on any atom is -0.508 e. The molecule has 4 aromatic rings. The van der Waals surface area contributed by atoms with Crippen molar-refractivity contribution in [2.75, 3.05) is 36.8 Å². The summed E-state index contributed by atoms with van der Waals surface area (Å²) in [5.74, 6) is 1.32. The number of hydrogen-bond donors (Lipinski definition) is 1. The van der Waals surface area contributed by atoms with Crippen molar-refractivity contribution in [3.63, 3.8) is 0 Å². The number of hydrogen-bond acceptors (Lipinski definition) is 7. The molecule has 0 spiro atoms. The van der Waals surface area contributed by atoms with Gasteiger partial charge in [0.1, 0.15) is 5.75 Å². The van der Waals surface area contributed by atoms with Gasteiger partial charge in [-0.05, 0) is 48.5 Å². The SMILES string of the molecule is O=C(CSc1nnc(-c2cccnc2)n1-c1ccccc1)N1CCN(c2ccc(O)cc2)CC1. The molecule has 2 aromatic heterocycles. The summed E-state index contributed by atoms with van der Waals surface area (Å²) in [5, 5.41) is 19.0. The molecule has 5 rings (SSSR count). The largest absolute Gasteiger partial charge is 0.508 e. The zero-order valence-electron chi connectivity index (χ0n) is 18.5. The van der Waals surface area contributed by atoms with E-state index in [4.69, 9.17) is 0 Å². The lowest BCUT2D eigenvalue weighted by Crippen LogP contribution is -2.49. The van der Waals surface area contributed by atoms with Crippen molar-refractivity contribution < 1.29 is 9.90 Å². The standard InChI is InChI=1S/C25H24N6O2S/c32-22-10-8-20(9-11-22)29-13-15-30(16-14-29)23(33)18-34-25-28-27-24(19-5-4-12-26-17-19)31(25)21-6-2-1-3-7-21/h1-12,17,32H,13-16,18H2. The number of carbonyl (C=O) groups is 1. The lowest BCUT2D eigenvalue weighted by Gasteiger charge is -2.36. The van der Waals surface area contributed by atoms with Crippen molar-refractivity contribution in [1.82, 2.24) is 24.6 Å². The Kier molecular flexibility index (Phi) is 6.44. The van der Waals surface area contributed by atoms with Crippen LogP contribution in [0.4, 0.5) is 5.69 Å². The predicted molar refractivity (Wildman–Crippen MR) is 132 cm³/mol. The summed E-state index contributed by atoms with van der Waals surface area (Å²) in [4.78, 5) is 21.3. The summed E-state index contributed by atoms with van der Waals surface area (Å²) in [6.07, 6.45) is 3.49. The van der Waals surface area contributed by atoms with Crippen molar-refractivity contribution in [3.8, 4) is 22.8 Å². The summed E-state index contributed by atoms with van der Waals surface area (Å²) in [5.41, 5.74) is 2.85. The second-order valence-corrected chi connectivity index (χ2v) is 8.83. The molecule has 34 heavy (non-hydrogen) atoms. The van der Waals surface area contributed by atoms with Crippen molar-refractivity contribution >= 4 is 23.4 Å². The highest BCUT2D eigenvalue weighted by Gasteiger charge is 2.23. The van der Waals surface area contributed by atoms with Crippen LogP contribution in [0, 0.1) is 0 Å². The van der Waals surface area contributed by atoms with Gasteiger partial charge in [-0.15, -0.1) is 10.2 Å². The number of thioether (sulfide) groups is 1. The number of phenols is 1. The molecule has 1 N–H and O–H groups in total. The molecule has 0 aliphatic carbocycles. The summed E-state index contributed by atoms with van der Waals surface area (Å²) in [7, 11) is 0. The summed E-state index contributed by atoms with van der Waals surface area (Å²) < 4.78 is 1.97. The first-order valence-electron chi connectivity index (χ1n) is 11.0. The van der Waals surface area contributed by atoms with E-state index in [9.17, 15) is 9.90 Å². The molecule has 3 heterocycles. The molecule has 0 bridgehead atoms. The van der Waals surface area contributed by atoms with E-state index in [1.165, 1.54) is 11.8 Å². The van der Waals surface area contributed by atoms with Gasteiger partial charge in [-0.3, -0.25) is 14.3 Å². The third kappa shape index (κ3) is 4.74. The van der Waals surface area contributed by atoms with E-state index in [2.05, 4.69) is 20.1 Å². The van der Waals surface area contributed by atoms with Crippen LogP contribution >= 0.6 is 11.8 Å². The average Bonchev–Trinajstić information content (AvgIpc) is 3.33. The molecule has 1 aliphatic heterocycles. The van der Waals surface area contributed by atoms with Gasteiger partial charge in [-0.2, -0.15) is 0 Å². The quantitative estimate of drug-likeness (QED) is 0.430. The van der Waals surface area contributed by atoms with E-state index in [-0.39, 0.29) is 17.4 Å². The number of aromatic nitrogens is 4. The molecule has 1 amide bonds. The summed E-state index contributed by atoms with van der Waals surface area (Å²) in [6, 6.07) is 20.9. The monoisotopic (exact) mass is 472 g/mol. The third-order valence-electron chi connectivity index (χ3n) is 5.74. The number of piperazine rings is 1. The fourth-order valence-electron chi connectivity index (χ4n) is 3.95. The van der Waals surface area contributed by atoms with Crippen LogP contribution in [0.25, 0.3) is 17.1 Å². The van der Waals surface area contributed by atoms with Crippen molar-refractivity contribution in [3.05, 3.63) is 79.1 Å². The van der Waals surface area contributed by atoms with Crippen LogP contribution in [-0.4, -0.2) is 67.6 Å². The normalized spacial score (nSPS) is 13.8. The number of nitrogens with zero attached hydrogens (tertiary/aromatic N) is 6. The minimum atomic E-state index is 0.0842. The number of phenolic OH excluding ortho intramolecular Hbond substituents is 1. The van der Waals surface area contributed by atoms with E-state index in [1.54, 1.807) is 24.5 Å². The van der Waals surface area contributed by atoms with Gasteiger partial charge in [-0.25, -0.2) is 0 Å². The molecular formula is C25H24N6O2S. The van der Waals surface area contributed by atoms with E-state index >= 15 is 0 Å². The Bertz CT molecular complexity index is 1240. The van der Waals surface area contributed by atoms with Crippen molar-refractivity contribution in [1.29, 1.82) is 0 Å². The molecule has 1 saturated heterocycles. The van der Waals surface area contributed by atoms with Gasteiger partial charge in [0.2, 0.25) is 5.91 Å². The van der Waals surface area contributed by atoms with E-state index in [0.29, 0.717) is 24.1 Å². The second-order valence-electron chi connectivity index (χ2n) is 7.89. The zero-order chi connectivity index (χ0) is 23.3. The van der Waals surface area contributed by atoms with Crippen LogP contribution in [0.2, 0.25) is 0 Å². The molecule has 0 radical (unpaired) electrons. The Morgan fingerprint density at radius 1 is 0.882 bits per heavy atom. The smallest absolute Gasteiger partial charge is 0.233 e. The Balaban J connectivity index is 1.27. The van der Waals surface area contributed by atoms with Crippen LogP contribution in [0.5, 0.6) is 5.75 Å².